The molecule has 0 saturated carbocycles. The maximum Gasteiger partial charge on any atom is 0.123 e. The van der Waals surface area contributed by atoms with Crippen molar-refractivity contribution in [3.63, 3.8) is 0 Å². The molecule has 88 valence electrons. The molecule has 0 amide bonds. The summed E-state index contributed by atoms with van der Waals surface area (Å²) in [5.74, 6) is -0.244. The second kappa shape index (κ2) is 4.94. The smallest absolute Gasteiger partial charge is 0.123 e. The molecule has 0 aliphatic carbocycles. The van der Waals surface area contributed by atoms with Gasteiger partial charge in [0.1, 0.15) is 11.6 Å². The molecule has 0 aliphatic rings. The molecule has 0 spiro atoms. The van der Waals surface area contributed by atoms with Gasteiger partial charge in [0.05, 0.1) is 0 Å². The quantitative estimate of drug-likeness (QED) is 0.856. The third-order valence-electron chi connectivity index (χ3n) is 2.43. The van der Waals surface area contributed by atoms with Crippen LogP contribution < -0.4 is 0 Å². The molecule has 0 aliphatic heterocycles. The van der Waals surface area contributed by atoms with Crippen molar-refractivity contribution in [2.24, 2.45) is 0 Å². The molecule has 0 saturated heterocycles. The second-order valence-corrected chi connectivity index (χ2v) is 4.53. The number of halogens is 3. The fourth-order valence-corrected chi connectivity index (χ4v) is 2.12. The van der Waals surface area contributed by atoms with E-state index in [1.807, 2.05) is 0 Å². The third kappa shape index (κ3) is 2.90. The lowest BCUT2D eigenvalue weighted by Crippen LogP contribution is -1.91. The van der Waals surface area contributed by atoms with Gasteiger partial charge in [0.15, 0.2) is 0 Å². The number of rotatable bonds is 2. The summed E-state index contributed by atoms with van der Waals surface area (Å²) in [6.45, 7) is 0. The summed E-state index contributed by atoms with van der Waals surface area (Å²) in [7, 11) is 0. The number of phenols is 1. The normalized spacial score (nSPS) is 10.5. The Morgan fingerprint density at radius 2 is 1.71 bits per heavy atom. The second-order valence-electron chi connectivity index (χ2n) is 3.69. The van der Waals surface area contributed by atoms with Crippen LogP contribution >= 0.6 is 23.2 Å². The molecule has 0 unspecified atom stereocenters. The topological polar surface area (TPSA) is 20.2 Å². The van der Waals surface area contributed by atoms with Gasteiger partial charge >= 0.3 is 0 Å². The van der Waals surface area contributed by atoms with E-state index in [0.29, 0.717) is 22.0 Å². The van der Waals surface area contributed by atoms with Crippen LogP contribution in [-0.2, 0) is 6.42 Å². The first kappa shape index (κ1) is 12.2. The molecular weight excluding hydrogens is 262 g/mol. The monoisotopic (exact) mass is 270 g/mol. The summed E-state index contributed by atoms with van der Waals surface area (Å²) >= 11 is 11.7. The maximum atomic E-state index is 12.7. The Labute approximate surface area is 108 Å². The van der Waals surface area contributed by atoms with Gasteiger partial charge in [-0.2, -0.15) is 0 Å². The molecule has 1 N–H and O–H groups in total. The molecule has 2 aromatic carbocycles. The molecule has 4 heteroatoms. The Balaban J connectivity index is 2.33. The Hall–Kier alpha value is -1.25. The van der Waals surface area contributed by atoms with E-state index >= 15 is 0 Å². The van der Waals surface area contributed by atoms with Crippen molar-refractivity contribution in [2.45, 2.75) is 6.42 Å². The van der Waals surface area contributed by atoms with Crippen LogP contribution in [0.5, 0.6) is 5.75 Å². The lowest BCUT2D eigenvalue weighted by Gasteiger charge is -2.08. The average Bonchev–Trinajstić information content (AvgIpc) is 2.26. The van der Waals surface area contributed by atoms with Crippen LogP contribution in [0.2, 0.25) is 10.0 Å². The van der Waals surface area contributed by atoms with Crippen molar-refractivity contribution in [3.8, 4) is 5.75 Å². The van der Waals surface area contributed by atoms with Crippen molar-refractivity contribution >= 4 is 23.2 Å². The fourth-order valence-electron chi connectivity index (χ4n) is 1.57. The predicted molar refractivity (Wildman–Crippen MR) is 67.3 cm³/mol. The highest BCUT2D eigenvalue weighted by atomic mass is 35.5. The largest absolute Gasteiger partial charge is 0.508 e. The zero-order valence-electron chi connectivity index (χ0n) is 8.75. The first-order valence-electron chi connectivity index (χ1n) is 4.97. The van der Waals surface area contributed by atoms with Crippen LogP contribution in [0, 0.1) is 5.82 Å². The van der Waals surface area contributed by atoms with E-state index in [2.05, 4.69) is 0 Å². The van der Waals surface area contributed by atoms with Crippen molar-refractivity contribution in [2.75, 3.05) is 0 Å². The molecule has 0 aromatic heterocycles. The molecule has 17 heavy (non-hydrogen) atoms. The van der Waals surface area contributed by atoms with E-state index in [9.17, 15) is 9.50 Å². The van der Waals surface area contributed by atoms with Crippen LogP contribution in [0.3, 0.4) is 0 Å². The minimum atomic E-state index is -0.292. The standard InChI is InChI=1S/C13H9Cl2FO/c14-9-6-12(15)11(13(17)7-9)5-8-1-3-10(16)4-2-8/h1-4,6-7,17H,5H2. The summed E-state index contributed by atoms with van der Waals surface area (Å²) < 4.78 is 12.7. The van der Waals surface area contributed by atoms with E-state index in [4.69, 9.17) is 23.2 Å². The van der Waals surface area contributed by atoms with Crippen LogP contribution in [0.4, 0.5) is 4.39 Å². The fraction of sp³-hybridized carbons (Fsp3) is 0.0769. The van der Waals surface area contributed by atoms with Gasteiger partial charge in [0, 0.05) is 22.0 Å². The minimum Gasteiger partial charge on any atom is -0.508 e. The van der Waals surface area contributed by atoms with E-state index < -0.39 is 0 Å². The number of phenolic OH excluding ortho intramolecular Hbond substituents is 1. The highest BCUT2D eigenvalue weighted by Crippen LogP contribution is 2.31. The number of hydrogen-bond donors (Lipinski definition) is 1. The maximum absolute atomic E-state index is 12.7. The summed E-state index contributed by atoms with van der Waals surface area (Å²) in [6, 6.07) is 9.06. The molecule has 1 nitrogen and oxygen atoms in total. The van der Waals surface area contributed by atoms with Crippen molar-refractivity contribution in [3.05, 3.63) is 63.4 Å². The molecule has 0 fully saturated rings. The van der Waals surface area contributed by atoms with Gasteiger partial charge in [-0.3, -0.25) is 0 Å². The Kier molecular flexibility index (Phi) is 3.55. The van der Waals surface area contributed by atoms with Crippen LogP contribution in [0.25, 0.3) is 0 Å². The van der Waals surface area contributed by atoms with Crippen LogP contribution in [0.1, 0.15) is 11.1 Å². The van der Waals surface area contributed by atoms with Crippen LogP contribution in [-0.4, -0.2) is 5.11 Å². The van der Waals surface area contributed by atoms with Crippen molar-refractivity contribution in [1.29, 1.82) is 0 Å². The zero-order chi connectivity index (χ0) is 12.4. The lowest BCUT2D eigenvalue weighted by atomic mass is 10.0. The van der Waals surface area contributed by atoms with E-state index in [0.717, 1.165) is 5.56 Å². The van der Waals surface area contributed by atoms with E-state index in [-0.39, 0.29) is 11.6 Å². The SMILES string of the molecule is Oc1cc(Cl)cc(Cl)c1Cc1ccc(F)cc1. The molecule has 0 radical (unpaired) electrons. The van der Waals surface area contributed by atoms with Gasteiger partial charge in [0.25, 0.3) is 0 Å². The first-order chi connectivity index (χ1) is 8.06. The average molecular weight is 271 g/mol. The molecule has 0 atom stereocenters. The minimum absolute atomic E-state index is 0.0480. The summed E-state index contributed by atoms with van der Waals surface area (Å²) in [5.41, 5.74) is 1.45. The number of hydrogen-bond acceptors (Lipinski definition) is 1. The molecule has 0 bridgehead atoms. The highest BCUT2D eigenvalue weighted by molar-refractivity contribution is 6.35. The lowest BCUT2D eigenvalue weighted by molar-refractivity contribution is 0.469. The van der Waals surface area contributed by atoms with E-state index in [1.165, 1.54) is 18.2 Å². The number of benzene rings is 2. The molecule has 2 rings (SSSR count). The zero-order valence-corrected chi connectivity index (χ0v) is 10.3. The summed E-state index contributed by atoms with van der Waals surface area (Å²) in [4.78, 5) is 0. The van der Waals surface area contributed by atoms with E-state index in [1.54, 1.807) is 18.2 Å². The Bertz CT molecular complexity index is 515. The molecular formula is C13H9Cl2FO. The third-order valence-corrected chi connectivity index (χ3v) is 2.99. The van der Waals surface area contributed by atoms with Gasteiger partial charge < -0.3 is 5.11 Å². The van der Waals surface area contributed by atoms with Crippen molar-refractivity contribution in [1.82, 2.24) is 0 Å². The summed E-state index contributed by atoms with van der Waals surface area (Å²) in [6.07, 6.45) is 0.433. The summed E-state index contributed by atoms with van der Waals surface area (Å²) in [5, 5.41) is 10.5. The van der Waals surface area contributed by atoms with Gasteiger partial charge in [-0.25, -0.2) is 4.39 Å². The number of aromatic hydroxyl groups is 1. The van der Waals surface area contributed by atoms with Gasteiger partial charge in [-0.15, -0.1) is 0 Å². The molecule has 2 aromatic rings. The Morgan fingerprint density at radius 1 is 1.06 bits per heavy atom. The van der Waals surface area contributed by atoms with Gasteiger partial charge in [-0.05, 0) is 29.8 Å². The predicted octanol–water partition coefficient (Wildman–Crippen LogP) is 4.43. The Morgan fingerprint density at radius 3 is 2.29 bits per heavy atom. The molecule has 0 heterocycles. The van der Waals surface area contributed by atoms with Crippen LogP contribution in [0.15, 0.2) is 36.4 Å². The van der Waals surface area contributed by atoms with Gasteiger partial charge in [-0.1, -0.05) is 35.3 Å². The first-order valence-corrected chi connectivity index (χ1v) is 5.73. The highest BCUT2D eigenvalue weighted by Gasteiger charge is 2.09. The van der Waals surface area contributed by atoms with Gasteiger partial charge in [0.2, 0.25) is 0 Å². The van der Waals surface area contributed by atoms with Crippen molar-refractivity contribution < 1.29 is 9.50 Å².